The first kappa shape index (κ1) is 22.7. The quantitative estimate of drug-likeness (QED) is 0.388. The van der Waals surface area contributed by atoms with Crippen molar-refractivity contribution in [2.24, 2.45) is 0 Å². The maximum absolute atomic E-state index is 14.0. The van der Waals surface area contributed by atoms with Gasteiger partial charge in [0, 0.05) is 11.3 Å². The first-order valence-corrected chi connectivity index (χ1v) is 10.6. The molecule has 1 heterocycles. The number of aromatic nitrogens is 2. The summed E-state index contributed by atoms with van der Waals surface area (Å²) in [7, 11) is 1.58. The lowest BCUT2D eigenvalue weighted by atomic mass is 10.1. The first-order valence-electron chi connectivity index (χ1n) is 10.6. The second-order valence-corrected chi connectivity index (χ2v) is 7.26. The molecular formula is C26H22FN3O4. The van der Waals surface area contributed by atoms with Crippen molar-refractivity contribution in [3.63, 3.8) is 0 Å². The standard InChI is InChI=1S/C26H22FN3O4/c1-3-34-26(32)23-16-24(30(29-23)19-11-13-20(33-2)14-12-19)17-7-6-8-18(15-17)28-25(31)21-9-4-5-10-22(21)27/h4-16H,3H2,1-2H3,(H,28,31). The highest BCUT2D eigenvalue weighted by atomic mass is 19.1. The predicted molar refractivity (Wildman–Crippen MR) is 126 cm³/mol. The van der Waals surface area contributed by atoms with Crippen LogP contribution in [0.3, 0.4) is 0 Å². The summed E-state index contributed by atoms with van der Waals surface area (Å²) >= 11 is 0. The van der Waals surface area contributed by atoms with Crippen molar-refractivity contribution in [1.29, 1.82) is 0 Å². The van der Waals surface area contributed by atoms with Crippen molar-refractivity contribution in [1.82, 2.24) is 9.78 Å². The molecule has 0 radical (unpaired) electrons. The molecule has 0 aliphatic carbocycles. The van der Waals surface area contributed by atoms with Crippen molar-refractivity contribution in [3.8, 4) is 22.7 Å². The number of hydrogen-bond acceptors (Lipinski definition) is 5. The highest BCUT2D eigenvalue weighted by Gasteiger charge is 2.18. The Labute approximate surface area is 195 Å². The van der Waals surface area contributed by atoms with Crippen LogP contribution in [0.4, 0.5) is 10.1 Å². The average molecular weight is 459 g/mol. The van der Waals surface area contributed by atoms with E-state index in [1.165, 1.54) is 18.2 Å². The van der Waals surface area contributed by atoms with Crippen molar-refractivity contribution < 1.29 is 23.5 Å². The molecule has 4 rings (SSSR count). The summed E-state index contributed by atoms with van der Waals surface area (Å²) in [5, 5.41) is 7.16. The molecular weight excluding hydrogens is 437 g/mol. The SMILES string of the molecule is CCOC(=O)c1cc(-c2cccc(NC(=O)c3ccccc3F)c2)n(-c2ccc(OC)cc2)n1. The first-order chi connectivity index (χ1) is 16.5. The van der Waals surface area contributed by atoms with Gasteiger partial charge in [-0.3, -0.25) is 4.79 Å². The van der Waals surface area contributed by atoms with Crippen molar-refractivity contribution in [2.75, 3.05) is 19.0 Å². The molecule has 0 aliphatic heterocycles. The van der Waals surface area contributed by atoms with Crippen LogP contribution in [0, 0.1) is 5.82 Å². The van der Waals surface area contributed by atoms with Crippen LogP contribution in [0.5, 0.6) is 5.75 Å². The molecule has 4 aromatic rings. The van der Waals surface area contributed by atoms with E-state index < -0.39 is 17.7 Å². The number of halogens is 1. The van der Waals surface area contributed by atoms with Crippen LogP contribution >= 0.6 is 0 Å². The number of nitrogens with zero attached hydrogens (tertiary/aromatic N) is 2. The topological polar surface area (TPSA) is 82.5 Å². The number of ether oxygens (including phenoxy) is 2. The fourth-order valence-corrected chi connectivity index (χ4v) is 3.41. The summed E-state index contributed by atoms with van der Waals surface area (Å²) in [5.74, 6) is -1.03. The van der Waals surface area contributed by atoms with Crippen molar-refractivity contribution in [3.05, 3.63) is 95.9 Å². The highest BCUT2D eigenvalue weighted by Crippen LogP contribution is 2.28. The largest absolute Gasteiger partial charge is 0.497 e. The molecule has 0 atom stereocenters. The number of rotatable bonds is 7. The monoisotopic (exact) mass is 459 g/mol. The summed E-state index contributed by atoms with van der Waals surface area (Å²) < 4.78 is 25.9. The van der Waals surface area contributed by atoms with Gasteiger partial charge < -0.3 is 14.8 Å². The van der Waals surface area contributed by atoms with Gasteiger partial charge in [0.2, 0.25) is 0 Å². The highest BCUT2D eigenvalue weighted by molar-refractivity contribution is 6.04. The van der Waals surface area contributed by atoms with E-state index in [1.807, 2.05) is 18.2 Å². The minimum atomic E-state index is -0.604. The van der Waals surface area contributed by atoms with Crippen LogP contribution in [-0.2, 0) is 4.74 Å². The number of nitrogens with one attached hydrogen (secondary N) is 1. The number of esters is 1. The Morgan fingerprint density at radius 3 is 2.47 bits per heavy atom. The van der Waals surface area contributed by atoms with Crippen LogP contribution in [0.15, 0.2) is 78.9 Å². The number of amides is 1. The second kappa shape index (κ2) is 9.99. The van der Waals surface area contributed by atoms with E-state index in [1.54, 1.807) is 61.2 Å². The van der Waals surface area contributed by atoms with Gasteiger partial charge in [0.05, 0.1) is 30.7 Å². The normalized spacial score (nSPS) is 10.6. The molecule has 1 aromatic heterocycles. The molecule has 8 heteroatoms. The number of benzene rings is 3. The molecule has 0 saturated heterocycles. The lowest BCUT2D eigenvalue weighted by molar-refractivity contribution is 0.0518. The number of anilines is 1. The number of methoxy groups -OCH3 is 1. The average Bonchev–Trinajstić information content (AvgIpc) is 3.30. The van der Waals surface area contributed by atoms with Gasteiger partial charge in [-0.1, -0.05) is 24.3 Å². The van der Waals surface area contributed by atoms with E-state index in [0.717, 1.165) is 0 Å². The fraction of sp³-hybridized carbons (Fsp3) is 0.115. The molecule has 0 spiro atoms. The Morgan fingerprint density at radius 2 is 1.76 bits per heavy atom. The summed E-state index contributed by atoms with van der Waals surface area (Å²) in [4.78, 5) is 24.9. The summed E-state index contributed by atoms with van der Waals surface area (Å²) in [5.41, 5.74) is 2.55. The zero-order valence-corrected chi connectivity index (χ0v) is 18.6. The fourth-order valence-electron chi connectivity index (χ4n) is 3.41. The maximum Gasteiger partial charge on any atom is 0.358 e. The van der Waals surface area contributed by atoms with Crippen LogP contribution in [0.1, 0.15) is 27.8 Å². The van der Waals surface area contributed by atoms with E-state index in [2.05, 4.69) is 10.4 Å². The molecule has 34 heavy (non-hydrogen) atoms. The molecule has 0 aliphatic rings. The summed E-state index contributed by atoms with van der Waals surface area (Å²) in [6.45, 7) is 1.95. The number of carbonyl (C=O) groups is 2. The third-order valence-electron chi connectivity index (χ3n) is 5.05. The van der Waals surface area contributed by atoms with Crippen LogP contribution in [-0.4, -0.2) is 35.4 Å². The third kappa shape index (κ3) is 4.80. The van der Waals surface area contributed by atoms with Crippen molar-refractivity contribution in [2.45, 2.75) is 6.92 Å². The molecule has 1 amide bonds. The molecule has 0 bridgehead atoms. The van der Waals surface area contributed by atoms with Crippen LogP contribution in [0.2, 0.25) is 0 Å². The molecule has 0 unspecified atom stereocenters. The van der Waals surface area contributed by atoms with E-state index in [0.29, 0.717) is 28.4 Å². The number of carbonyl (C=O) groups excluding carboxylic acids is 2. The molecule has 1 N–H and O–H groups in total. The summed E-state index contributed by atoms with van der Waals surface area (Å²) in [6, 6.07) is 21.6. The molecule has 0 saturated carbocycles. The molecule has 0 fully saturated rings. The summed E-state index contributed by atoms with van der Waals surface area (Å²) in [6.07, 6.45) is 0. The van der Waals surface area contributed by atoms with Gasteiger partial charge >= 0.3 is 5.97 Å². The lowest BCUT2D eigenvalue weighted by Crippen LogP contribution is -2.13. The Kier molecular flexibility index (Phi) is 6.68. The molecule has 3 aromatic carbocycles. The third-order valence-corrected chi connectivity index (χ3v) is 5.05. The van der Waals surface area contributed by atoms with Gasteiger partial charge in [-0.15, -0.1) is 0 Å². The zero-order valence-electron chi connectivity index (χ0n) is 18.6. The Morgan fingerprint density at radius 1 is 1.00 bits per heavy atom. The predicted octanol–water partition coefficient (Wildman–Crippen LogP) is 5.12. The molecule has 7 nitrogen and oxygen atoms in total. The zero-order chi connectivity index (χ0) is 24.1. The van der Waals surface area contributed by atoms with Gasteiger partial charge in [0.25, 0.3) is 5.91 Å². The lowest BCUT2D eigenvalue weighted by Gasteiger charge is -2.11. The second-order valence-electron chi connectivity index (χ2n) is 7.26. The Hall–Kier alpha value is -4.46. The van der Waals surface area contributed by atoms with E-state index >= 15 is 0 Å². The van der Waals surface area contributed by atoms with Gasteiger partial charge in [-0.2, -0.15) is 5.10 Å². The van der Waals surface area contributed by atoms with E-state index in [4.69, 9.17) is 9.47 Å². The van der Waals surface area contributed by atoms with Gasteiger partial charge in [0.1, 0.15) is 11.6 Å². The minimum Gasteiger partial charge on any atom is -0.497 e. The van der Waals surface area contributed by atoms with Gasteiger partial charge in [0.15, 0.2) is 5.69 Å². The minimum absolute atomic E-state index is 0.0548. The van der Waals surface area contributed by atoms with Gasteiger partial charge in [-0.25, -0.2) is 13.9 Å². The Balaban J connectivity index is 1.72. The van der Waals surface area contributed by atoms with Crippen LogP contribution < -0.4 is 10.1 Å². The van der Waals surface area contributed by atoms with E-state index in [9.17, 15) is 14.0 Å². The number of hydrogen-bond donors (Lipinski definition) is 1. The maximum atomic E-state index is 14.0. The van der Waals surface area contributed by atoms with E-state index in [-0.39, 0.29) is 17.9 Å². The smallest absolute Gasteiger partial charge is 0.358 e. The van der Waals surface area contributed by atoms with Crippen molar-refractivity contribution >= 4 is 17.6 Å². The van der Waals surface area contributed by atoms with Crippen LogP contribution in [0.25, 0.3) is 16.9 Å². The Bertz CT molecular complexity index is 1330. The van der Waals surface area contributed by atoms with Gasteiger partial charge in [-0.05, 0) is 61.5 Å². The molecule has 172 valence electrons.